The van der Waals surface area contributed by atoms with Gasteiger partial charge in [-0.3, -0.25) is 0 Å². The number of nitrogens with one attached hydrogen (secondary N) is 2. The second kappa shape index (κ2) is 6.27. The maximum absolute atomic E-state index is 11.8. The van der Waals surface area contributed by atoms with Crippen molar-refractivity contribution in [3.8, 4) is 0 Å². The number of aliphatic hydroxyl groups excluding tert-OH is 1. The van der Waals surface area contributed by atoms with Gasteiger partial charge in [-0.15, -0.1) is 0 Å². The highest BCUT2D eigenvalue weighted by molar-refractivity contribution is 5.73. The number of urea groups is 1. The van der Waals surface area contributed by atoms with Crippen molar-refractivity contribution in [1.82, 2.24) is 25.2 Å². The van der Waals surface area contributed by atoms with Crippen molar-refractivity contribution >= 4 is 11.7 Å². The lowest BCUT2D eigenvalue weighted by Gasteiger charge is -2.11. The van der Waals surface area contributed by atoms with Crippen LogP contribution in [-0.2, 0) is 6.54 Å². The van der Waals surface area contributed by atoms with E-state index < -0.39 is 6.10 Å². The van der Waals surface area contributed by atoms with E-state index in [1.165, 1.54) is 6.26 Å². The van der Waals surface area contributed by atoms with Crippen molar-refractivity contribution in [2.75, 3.05) is 6.54 Å². The van der Waals surface area contributed by atoms with Gasteiger partial charge in [0.2, 0.25) is 0 Å². The summed E-state index contributed by atoms with van der Waals surface area (Å²) < 4.78 is 6.71. The van der Waals surface area contributed by atoms with E-state index in [1.807, 2.05) is 0 Å². The Morgan fingerprint density at radius 3 is 3.05 bits per heavy atom. The van der Waals surface area contributed by atoms with E-state index in [2.05, 4.69) is 20.7 Å². The van der Waals surface area contributed by atoms with Gasteiger partial charge in [-0.05, 0) is 18.2 Å². The van der Waals surface area contributed by atoms with Crippen LogP contribution in [0.5, 0.6) is 0 Å². The standard InChI is InChI=1S/C14H15N5O3/c20-11(12-2-1-7-22-12)9-17-14(21)16-8-10-3-5-15-13-4-6-18-19(10)13/h1-7,11,20H,8-9H2,(H2,16,17,21). The quantitative estimate of drug-likeness (QED) is 0.648. The molecule has 0 aliphatic rings. The Balaban J connectivity index is 1.51. The van der Waals surface area contributed by atoms with Gasteiger partial charge in [-0.1, -0.05) is 0 Å². The lowest BCUT2D eigenvalue weighted by molar-refractivity contribution is 0.148. The molecule has 0 bridgehead atoms. The van der Waals surface area contributed by atoms with Crippen LogP contribution in [0.4, 0.5) is 4.79 Å². The second-order valence-corrected chi connectivity index (χ2v) is 4.63. The van der Waals surface area contributed by atoms with E-state index in [-0.39, 0.29) is 12.6 Å². The Bertz CT molecular complexity index is 753. The molecule has 3 N–H and O–H groups in total. The maximum Gasteiger partial charge on any atom is 0.315 e. The Hall–Kier alpha value is -2.87. The fourth-order valence-electron chi connectivity index (χ4n) is 2.02. The number of aromatic nitrogens is 3. The van der Waals surface area contributed by atoms with Crippen LogP contribution in [0.1, 0.15) is 17.6 Å². The van der Waals surface area contributed by atoms with Crippen LogP contribution in [0.15, 0.2) is 47.3 Å². The SMILES string of the molecule is O=C(NCc1ccnc2ccnn12)NCC(O)c1ccco1. The van der Waals surface area contributed by atoms with E-state index in [4.69, 9.17) is 4.42 Å². The first kappa shape index (κ1) is 14.1. The molecule has 1 atom stereocenters. The molecule has 3 aromatic heterocycles. The summed E-state index contributed by atoms with van der Waals surface area (Å²) in [5, 5.41) is 19.2. The summed E-state index contributed by atoms with van der Waals surface area (Å²) in [5.74, 6) is 0.410. The van der Waals surface area contributed by atoms with Gasteiger partial charge < -0.3 is 20.2 Å². The van der Waals surface area contributed by atoms with Crippen molar-refractivity contribution in [3.05, 3.63) is 54.4 Å². The van der Waals surface area contributed by atoms with Gasteiger partial charge in [0.25, 0.3) is 0 Å². The number of fused-ring (bicyclic) bond motifs is 1. The van der Waals surface area contributed by atoms with Crippen LogP contribution in [0.2, 0.25) is 0 Å². The van der Waals surface area contributed by atoms with Gasteiger partial charge in [-0.2, -0.15) is 5.10 Å². The zero-order valence-electron chi connectivity index (χ0n) is 11.6. The number of carbonyl (C=O) groups excluding carboxylic acids is 1. The minimum Gasteiger partial charge on any atom is -0.467 e. The predicted molar refractivity (Wildman–Crippen MR) is 76.9 cm³/mol. The third kappa shape index (κ3) is 3.07. The van der Waals surface area contributed by atoms with Crippen molar-refractivity contribution in [2.24, 2.45) is 0 Å². The number of aliphatic hydroxyl groups is 1. The fourth-order valence-corrected chi connectivity index (χ4v) is 2.02. The molecule has 2 amide bonds. The highest BCUT2D eigenvalue weighted by atomic mass is 16.4. The van der Waals surface area contributed by atoms with E-state index >= 15 is 0 Å². The summed E-state index contributed by atoms with van der Waals surface area (Å²) in [5.41, 5.74) is 1.52. The largest absolute Gasteiger partial charge is 0.467 e. The molecule has 0 aliphatic heterocycles. The molecular weight excluding hydrogens is 286 g/mol. The second-order valence-electron chi connectivity index (χ2n) is 4.63. The van der Waals surface area contributed by atoms with E-state index in [9.17, 15) is 9.90 Å². The third-order valence-electron chi connectivity index (χ3n) is 3.13. The first-order chi connectivity index (χ1) is 10.7. The number of amides is 2. The molecule has 0 aromatic carbocycles. The molecule has 3 heterocycles. The average molecular weight is 301 g/mol. The number of carbonyl (C=O) groups is 1. The average Bonchev–Trinajstić information content (AvgIpc) is 3.21. The van der Waals surface area contributed by atoms with Gasteiger partial charge in [-0.25, -0.2) is 14.3 Å². The van der Waals surface area contributed by atoms with Crippen molar-refractivity contribution in [2.45, 2.75) is 12.6 Å². The summed E-state index contributed by atoms with van der Waals surface area (Å²) in [6.07, 6.45) is 3.90. The maximum atomic E-state index is 11.8. The lowest BCUT2D eigenvalue weighted by Crippen LogP contribution is -2.37. The highest BCUT2D eigenvalue weighted by Gasteiger charge is 2.12. The third-order valence-corrected chi connectivity index (χ3v) is 3.13. The molecule has 22 heavy (non-hydrogen) atoms. The molecule has 0 aliphatic carbocycles. The molecule has 1 unspecified atom stereocenters. The predicted octanol–water partition coefficient (Wildman–Crippen LogP) is 0.855. The lowest BCUT2D eigenvalue weighted by atomic mass is 10.3. The topological polar surface area (TPSA) is 105 Å². The van der Waals surface area contributed by atoms with Crippen LogP contribution in [0, 0.1) is 0 Å². The summed E-state index contributed by atoms with van der Waals surface area (Å²) in [7, 11) is 0. The Kier molecular flexibility index (Phi) is 4.01. The van der Waals surface area contributed by atoms with Crippen LogP contribution in [0.3, 0.4) is 0 Å². The molecular formula is C14H15N5O3. The summed E-state index contributed by atoms with van der Waals surface area (Å²) >= 11 is 0. The van der Waals surface area contributed by atoms with Gasteiger partial charge in [0.1, 0.15) is 11.9 Å². The minimum absolute atomic E-state index is 0.0624. The minimum atomic E-state index is -0.875. The van der Waals surface area contributed by atoms with Crippen molar-refractivity contribution < 1.29 is 14.3 Å². The number of hydrogen-bond acceptors (Lipinski definition) is 5. The zero-order chi connectivity index (χ0) is 15.4. The fraction of sp³-hybridized carbons (Fsp3) is 0.214. The number of hydrogen-bond donors (Lipinski definition) is 3. The summed E-state index contributed by atoms with van der Waals surface area (Å²) in [6, 6.07) is 6.50. The Morgan fingerprint density at radius 1 is 1.32 bits per heavy atom. The van der Waals surface area contributed by atoms with Crippen LogP contribution in [-0.4, -0.2) is 32.3 Å². The molecule has 0 saturated heterocycles. The summed E-state index contributed by atoms with van der Waals surface area (Å²) in [4.78, 5) is 15.9. The monoisotopic (exact) mass is 301 g/mol. The molecule has 0 spiro atoms. The molecule has 8 nitrogen and oxygen atoms in total. The highest BCUT2D eigenvalue weighted by Crippen LogP contribution is 2.11. The molecule has 3 rings (SSSR count). The van der Waals surface area contributed by atoms with Crippen LogP contribution in [0.25, 0.3) is 5.65 Å². The first-order valence-corrected chi connectivity index (χ1v) is 6.75. The van der Waals surface area contributed by atoms with Crippen LogP contribution >= 0.6 is 0 Å². The molecule has 0 radical (unpaired) electrons. The Morgan fingerprint density at radius 2 is 2.23 bits per heavy atom. The zero-order valence-corrected chi connectivity index (χ0v) is 11.6. The van der Waals surface area contributed by atoms with E-state index in [0.29, 0.717) is 18.0 Å². The number of rotatable bonds is 5. The van der Waals surface area contributed by atoms with Crippen molar-refractivity contribution in [1.29, 1.82) is 0 Å². The van der Waals surface area contributed by atoms with E-state index in [1.54, 1.807) is 41.2 Å². The van der Waals surface area contributed by atoms with Gasteiger partial charge in [0, 0.05) is 12.3 Å². The van der Waals surface area contributed by atoms with Gasteiger partial charge in [0.05, 0.1) is 31.2 Å². The Labute approximate surface area is 125 Å². The van der Waals surface area contributed by atoms with Gasteiger partial charge in [0.15, 0.2) is 5.65 Å². The number of nitrogens with zero attached hydrogens (tertiary/aromatic N) is 3. The molecule has 114 valence electrons. The molecule has 8 heteroatoms. The summed E-state index contributed by atoms with van der Waals surface area (Å²) in [6.45, 7) is 0.357. The van der Waals surface area contributed by atoms with Crippen LogP contribution < -0.4 is 10.6 Å². The molecule has 3 aromatic rings. The van der Waals surface area contributed by atoms with E-state index in [0.717, 1.165) is 5.69 Å². The van der Waals surface area contributed by atoms with Gasteiger partial charge >= 0.3 is 6.03 Å². The smallest absolute Gasteiger partial charge is 0.315 e. The number of furan rings is 1. The first-order valence-electron chi connectivity index (χ1n) is 6.75. The van der Waals surface area contributed by atoms with Crippen molar-refractivity contribution in [3.63, 3.8) is 0 Å². The molecule has 0 saturated carbocycles. The normalized spacial score (nSPS) is 12.2. The molecule has 0 fully saturated rings.